The number of hydrogen-bond acceptors (Lipinski definition) is 3. The second kappa shape index (κ2) is 8.50. The fraction of sp³-hybridized carbons (Fsp3) is 0.368. The van der Waals surface area contributed by atoms with Crippen LogP contribution in [0.5, 0.6) is 0 Å². The number of thiophene rings is 1. The number of amides is 2. The van der Waals surface area contributed by atoms with Crippen LogP contribution in [0.4, 0.5) is 0 Å². The third kappa shape index (κ3) is 4.61. The standard InChI is InChI=1S/C19H21ClN2O2S/c20-15-6-3-5-14(13-15)9-10-21-18(23)16-7-1-2-11-22(16)19(24)17-8-4-12-25-17/h3-6,8,12-13,16H,1-2,7,9-11H2,(H,21,23). The summed E-state index contributed by atoms with van der Waals surface area (Å²) in [6, 6.07) is 10.9. The lowest BCUT2D eigenvalue weighted by atomic mass is 10.0. The Bertz CT molecular complexity index is 733. The first-order valence-electron chi connectivity index (χ1n) is 8.52. The Hall–Kier alpha value is -1.85. The molecule has 0 radical (unpaired) electrons. The van der Waals surface area contributed by atoms with Crippen LogP contribution in [0.2, 0.25) is 5.02 Å². The molecule has 2 heterocycles. The van der Waals surface area contributed by atoms with Crippen molar-refractivity contribution in [1.82, 2.24) is 10.2 Å². The van der Waals surface area contributed by atoms with E-state index in [1.54, 1.807) is 4.90 Å². The number of carbonyl (C=O) groups is 2. The molecule has 2 aromatic rings. The molecule has 4 nitrogen and oxygen atoms in total. The minimum atomic E-state index is -0.372. The predicted molar refractivity (Wildman–Crippen MR) is 101 cm³/mol. The first-order chi connectivity index (χ1) is 12.1. The average Bonchev–Trinajstić information content (AvgIpc) is 3.16. The zero-order chi connectivity index (χ0) is 17.6. The quantitative estimate of drug-likeness (QED) is 0.863. The van der Waals surface area contributed by atoms with E-state index >= 15 is 0 Å². The number of halogens is 1. The first-order valence-corrected chi connectivity index (χ1v) is 9.77. The van der Waals surface area contributed by atoms with Gasteiger partial charge in [-0.2, -0.15) is 0 Å². The van der Waals surface area contributed by atoms with Gasteiger partial charge < -0.3 is 10.2 Å². The van der Waals surface area contributed by atoms with Crippen molar-refractivity contribution in [3.8, 4) is 0 Å². The van der Waals surface area contributed by atoms with Crippen LogP contribution in [-0.2, 0) is 11.2 Å². The Labute approximate surface area is 156 Å². The molecule has 1 aromatic carbocycles. The zero-order valence-corrected chi connectivity index (χ0v) is 15.5. The molecule has 1 aliphatic rings. The summed E-state index contributed by atoms with van der Waals surface area (Å²) < 4.78 is 0. The molecule has 1 aromatic heterocycles. The van der Waals surface area contributed by atoms with Crippen molar-refractivity contribution in [3.63, 3.8) is 0 Å². The molecule has 1 fully saturated rings. The minimum absolute atomic E-state index is 0.0373. The number of benzene rings is 1. The maximum Gasteiger partial charge on any atom is 0.264 e. The van der Waals surface area contributed by atoms with Gasteiger partial charge in [-0.25, -0.2) is 0 Å². The number of nitrogens with zero attached hydrogens (tertiary/aromatic N) is 1. The lowest BCUT2D eigenvalue weighted by Crippen LogP contribution is -2.52. The zero-order valence-electron chi connectivity index (χ0n) is 13.9. The normalized spacial score (nSPS) is 17.3. The van der Waals surface area contributed by atoms with E-state index in [4.69, 9.17) is 11.6 Å². The number of carbonyl (C=O) groups excluding carboxylic acids is 2. The molecule has 1 N–H and O–H groups in total. The molecule has 6 heteroatoms. The summed E-state index contributed by atoms with van der Waals surface area (Å²) in [6.07, 6.45) is 3.36. The van der Waals surface area contributed by atoms with Gasteiger partial charge in [0.05, 0.1) is 4.88 Å². The van der Waals surface area contributed by atoms with Crippen LogP contribution in [0, 0.1) is 0 Å². The van der Waals surface area contributed by atoms with Crippen molar-refractivity contribution in [3.05, 3.63) is 57.2 Å². The predicted octanol–water partition coefficient (Wildman–Crippen LogP) is 3.76. The van der Waals surface area contributed by atoms with E-state index in [0.29, 0.717) is 23.0 Å². The number of hydrogen-bond donors (Lipinski definition) is 1. The Morgan fingerprint density at radius 1 is 1.24 bits per heavy atom. The van der Waals surface area contributed by atoms with Crippen LogP contribution in [0.25, 0.3) is 0 Å². The van der Waals surface area contributed by atoms with Crippen LogP contribution in [0.15, 0.2) is 41.8 Å². The molecule has 132 valence electrons. The van der Waals surface area contributed by atoms with Gasteiger partial charge in [0, 0.05) is 18.1 Å². The minimum Gasteiger partial charge on any atom is -0.354 e. The smallest absolute Gasteiger partial charge is 0.264 e. The fourth-order valence-electron chi connectivity index (χ4n) is 3.13. The van der Waals surface area contributed by atoms with Crippen LogP contribution in [0.3, 0.4) is 0 Å². The van der Waals surface area contributed by atoms with Crippen molar-refractivity contribution in [2.24, 2.45) is 0 Å². The molecule has 1 aliphatic heterocycles. The van der Waals surface area contributed by atoms with Crippen molar-refractivity contribution in [2.75, 3.05) is 13.1 Å². The van der Waals surface area contributed by atoms with Gasteiger partial charge >= 0.3 is 0 Å². The van der Waals surface area contributed by atoms with E-state index in [2.05, 4.69) is 5.32 Å². The average molecular weight is 377 g/mol. The Kier molecular flexibility index (Phi) is 6.10. The van der Waals surface area contributed by atoms with Gasteiger partial charge in [0.2, 0.25) is 5.91 Å². The Morgan fingerprint density at radius 3 is 2.88 bits per heavy atom. The summed E-state index contributed by atoms with van der Waals surface area (Å²) in [5, 5.41) is 5.56. The summed E-state index contributed by atoms with van der Waals surface area (Å²) >= 11 is 7.40. The Balaban J connectivity index is 1.58. The molecule has 1 unspecified atom stereocenters. The maximum atomic E-state index is 12.7. The topological polar surface area (TPSA) is 49.4 Å². The molecular formula is C19H21ClN2O2S. The van der Waals surface area contributed by atoms with Crippen molar-refractivity contribution in [1.29, 1.82) is 0 Å². The van der Waals surface area contributed by atoms with E-state index in [0.717, 1.165) is 31.2 Å². The molecule has 3 rings (SSSR count). The molecule has 0 saturated carbocycles. The van der Waals surface area contributed by atoms with Crippen molar-refractivity contribution in [2.45, 2.75) is 31.7 Å². The van der Waals surface area contributed by atoms with Gasteiger partial charge in [0.25, 0.3) is 5.91 Å². The summed E-state index contributed by atoms with van der Waals surface area (Å²) in [4.78, 5) is 27.7. The van der Waals surface area contributed by atoms with E-state index in [1.165, 1.54) is 11.3 Å². The fourth-order valence-corrected chi connectivity index (χ4v) is 4.02. The third-order valence-corrected chi connectivity index (χ3v) is 5.49. The van der Waals surface area contributed by atoms with Crippen LogP contribution in [0.1, 0.15) is 34.5 Å². The van der Waals surface area contributed by atoms with Gasteiger partial charge in [0.1, 0.15) is 6.04 Å². The maximum absolute atomic E-state index is 12.7. The second-order valence-electron chi connectivity index (χ2n) is 6.16. The molecular weight excluding hydrogens is 356 g/mol. The summed E-state index contributed by atoms with van der Waals surface area (Å²) in [7, 11) is 0. The molecule has 0 bridgehead atoms. The summed E-state index contributed by atoms with van der Waals surface area (Å²) in [5.41, 5.74) is 1.09. The van der Waals surface area contributed by atoms with Gasteiger partial charge in [-0.3, -0.25) is 9.59 Å². The van der Waals surface area contributed by atoms with Gasteiger partial charge in [0.15, 0.2) is 0 Å². The molecule has 2 amide bonds. The Morgan fingerprint density at radius 2 is 2.12 bits per heavy atom. The molecule has 1 saturated heterocycles. The highest BCUT2D eigenvalue weighted by Crippen LogP contribution is 2.22. The largest absolute Gasteiger partial charge is 0.354 e. The van der Waals surface area contributed by atoms with Crippen molar-refractivity contribution >= 4 is 34.8 Å². The van der Waals surface area contributed by atoms with E-state index < -0.39 is 0 Å². The molecule has 1 atom stereocenters. The highest BCUT2D eigenvalue weighted by Gasteiger charge is 2.32. The first kappa shape index (κ1) is 18.0. The number of rotatable bonds is 5. The van der Waals surface area contributed by atoms with E-state index in [1.807, 2.05) is 41.8 Å². The summed E-state index contributed by atoms with van der Waals surface area (Å²) in [5.74, 6) is -0.101. The van der Waals surface area contributed by atoms with Crippen LogP contribution < -0.4 is 5.32 Å². The van der Waals surface area contributed by atoms with Gasteiger partial charge in [-0.15, -0.1) is 11.3 Å². The van der Waals surface area contributed by atoms with Crippen molar-refractivity contribution < 1.29 is 9.59 Å². The lowest BCUT2D eigenvalue weighted by molar-refractivity contribution is -0.126. The highest BCUT2D eigenvalue weighted by atomic mass is 35.5. The third-order valence-electron chi connectivity index (χ3n) is 4.40. The number of likely N-dealkylation sites (tertiary alicyclic amines) is 1. The van der Waals surface area contributed by atoms with Crippen LogP contribution in [-0.4, -0.2) is 35.8 Å². The van der Waals surface area contributed by atoms with Gasteiger partial charge in [-0.05, 0) is 54.8 Å². The number of nitrogens with one attached hydrogen (secondary N) is 1. The highest BCUT2D eigenvalue weighted by molar-refractivity contribution is 7.12. The second-order valence-corrected chi connectivity index (χ2v) is 7.54. The van der Waals surface area contributed by atoms with E-state index in [-0.39, 0.29) is 17.9 Å². The SMILES string of the molecule is O=C(NCCc1cccc(Cl)c1)C1CCCCN1C(=O)c1cccs1. The lowest BCUT2D eigenvalue weighted by Gasteiger charge is -2.34. The molecule has 0 spiro atoms. The van der Waals surface area contributed by atoms with Crippen LogP contribution >= 0.6 is 22.9 Å². The summed E-state index contributed by atoms with van der Waals surface area (Å²) in [6.45, 7) is 1.18. The van der Waals surface area contributed by atoms with E-state index in [9.17, 15) is 9.59 Å². The molecule has 0 aliphatic carbocycles. The number of piperidine rings is 1. The van der Waals surface area contributed by atoms with Gasteiger partial charge in [-0.1, -0.05) is 29.8 Å². The molecule has 25 heavy (non-hydrogen) atoms. The monoisotopic (exact) mass is 376 g/mol.